The Morgan fingerprint density at radius 3 is 2.96 bits per heavy atom. The minimum Gasteiger partial charge on any atom is -0.366 e. The molecule has 0 fully saturated rings. The fraction of sp³-hybridized carbons (Fsp3) is 0.211. The minimum absolute atomic E-state index is 0.152. The van der Waals surface area contributed by atoms with Gasteiger partial charge in [0.2, 0.25) is 0 Å². The molecule has 0 saturated carbocycles. The highest BCUT2D eigenvalue weighted by molar-refractivity contribution is 7.09. The van der Waals surface area contributed by atoms with Gasteiger partial charge in [-0.2, -0.15) is 0 Å². The number of nitrogens with zero attached hydrogens (tertiary/aromatic N) is 3. The maximum Gasteiger partial charge on any atom is 0.270 e. The molecule has 4 rings (SSSR count). The van der Waals surface area contributed by atoms with Crippen LogP contribution in [0.4, 0.5) is 5.69 Å². The van der Waals surface area contributed by atoms with E-state index in [1.807, 2.05) is 48.0 Å². The summed E-state index contributed by atoms with van der Waals surface area (Å²) in [5.74, 6) is -0.152. The topological polar surface area (TPSA) is 58.1 Å². The van der Waals surface area contributed by atoms with E-state index in [2.05, 4.69) is 20.2 Å². The molecule has 0 saturated heterocycles. The molecule has 1 aromatic carbocycles. The van der Waals surface area contributed by atoms with Crippen molar-refractivity contribution in [2.45, 2.75) is 19.5 Å². The Morgan fingerprint density at radius 2 is 2.08 bits per heavy atom. The lowest BCUT2D eigenvalue weighted by Gasteiger charge is -2.28. The molecule has 1 aliphatic rings. The molecule has 2 aromatic heterocycles. The Morgan fingerprint density at radius 1 is 1.20 bits per heavy atom. The number of rotatable bonds is 4. The summed E-state index contributed by atoms with van der Waals surface area (Å²) in [6, 6.07) is 13.7. The Balaban J connectivity index is 1.45. The van der Waals surface area contributed by atoms with Gasteiger partial charge in [0.1, 0.15) is 5.69 Å². The van der Waals surface area contributed by atoms with Crippen molar-refractivity contribution >= 4 is 22.9 Å². The smallest absolute Gasteiger partial charge is 0.270 e. The van der Waals surface area contributed by atoms with Crippen LogP contribution in [0.5, 0.6) is 0 Å². The normalized spacial score (nSPS) is 13.4. The van der Waals surface area contributed by atoms with E-state index in [1.165, 1.54) is 10.6 Å². The van der Waals surface area contributed by atoms with Crippen LogP contribution in [0.15, 0.2) is 54.2 Å². The second-order valence-corrected chi connectivity index (χ2v) is 6.90. The lowest BCUT2D eigenvalue weighted by Crippen LogP contribution is -2.30. The maximum absolute atomic E-state index is 12.4. The van der Waals surface area contributed by atoms with Crippen molar-refractivity contribution in [1.82, 2.24) is 15.3 Å². The number of aromatic nitrogens is 2. The summed E-state index contributed by atoms with van der Waals surface area (Å²) in [5.41, 5.74) is 5.66. The third-order valence-electron chi connectivity index (χ3n) is 4.32. The number of amides is 1. The lowest BCUT2D eigenvalue weighted by atomic mass is 10.1. The van der Waals surface area contributed by atoms with Crippen molar-refractivity contribution in [3.05, 3.63) is 76.0 Å². The van der Waals surface area contributed by atoms with Gasteiger partial charge >= 0.3 is 0 Å². The number of carbonyl (C=O) groups is 1. The molecule has 25 heavy (non-hydrogen) atoms. The molecule has 1 N–H and O–H groups in total. The molecular formula is C19H18N4OS. The average Bonchev–Trinajstić information content (AvgIpc) is 3.15. The third kappa shape index (κ3) is 3.53. The fourth-order valence-electron chi connectivity index (χ4n) is 2.95. The molecule has 126 valence electrons. The van der Waals surface area contributed by atoms with E-state index in [1.54, 1.807) is 17.5 Å². The van der Waals surface area contributed by atoms with Crippen molar-refractivity contribution in [2.75, 3.05) is 11.4 Å². The van der Waals surface area contributed by atoms with Gasteiger partial charge in [-0.1, -0.05) is 30.3 Å². The van der Waals surface area contributed by atoms with Crippen LogP contribution in [0, 0.1) is 0 Å². The standard InChI is InChI=1S/C19H18N4OS/c24-19(21-11-14-4-2-1-3-5-14)17-10-15(6-8-20-17)23-9-7-16-18(12-23)25-13-22-16/h1-6,8,10,13H,7,9,11-12H2,(H,21,24). The SMILES string of the molecule is O=C(NCc1ccccc1)c1cc(N2CCc3ncsc3C2)ccn1. The van der Waals surface area contributed by atoms with Crippen LogP contribution >= 0.6 is 11.3 Å². The van der Waals surface area contributed by atoms with Crippen molar-refractivity contribution in [3.8, 4) is 0 Å². The molecule has 0 aliphatic carbocycles. The van der Waals surface area contributed by atoms with Crippen LogP contribution in [0.2, 0.25) is 0 Å². The van der Waals surface area contributed by atoms with Crippen molar-refractivity contribution in [2.24, 2.45) is 0 Å². The zero-order valence-corrected chi connectivity index (χ0v) is 14.5. The third-order valence-corrected chi connectivity index (χ3v) is 5.18. The van der Waals surface area contributed by atoms with Crippen LogP contribution in [-0.4, -0.2) is 22.4 Å². The first-order valence-electron chi connectivity index (χ1n) is 8.24. The summed E-state index contributed by atoms with van der Waals surface area (Å²) in [6.07, 6.45) is 2.64. The summed E-state index contributed by atoms with van der Waals surface area (Å²) in [7, 11) is 0. The average molecular weight is 350 g/mol. The number of hydrogen-bond acceptors (Lipinski definition) is 5. The van der Waals surface area contributed by atoms with Gasteiger partial charge in [0.25, 0.3) is 5.91 Å². The number of anilines is 1. The minimum atomic E-state index is -0.152. The summed E-state index contributed by atoms with van der Waals surface area (Å²) in [4.78, 5) is 24.6. The highest BCUT2D eigenvalue weighted by Crippen LogP contribution is 2.26. The van der Waals surface area contributed by atoms with Gasteiger partial charge in [-0.3, -0.25) is 9.78 Å². The number of thiazole rings is 1. The lowest BCUT2D eigenvalue weighted by molar-refractivity contribution is 0.0946. The highest BCUT2D eigenvalue weighted by atomic mass is 32.1. The van der Waals surface area contributed by atoms with Gasteiger partial charge in [-0.05, 0) is 17.7 Å². The van der Waals surface area contributed by atoms with Crippen molar-refractivity contribution in [1.29, 1.82) is 0 Å². The second kappa shape index (κ2) is 7.03. The van der Waals surface area contributed by atoms with E-state index in [9.17, 15) is 4.79 Å². The van der Waals surface area contributed by atoms with Crippen LogP contribution in [0.1, 0.15) is 26.6 Å². The highest BCUT2D eigenvalue weighted by Gasteiger charge is 2.19. The molecular weight excluding hydrogens is 332 g/mol. The number of fused-ring (bicyclic) bond motifs is 1. The summed E-state index contributed by atoms with van der Waals surface area (Å²) < 4.78 is 0. The van der Waals surface area contributed by atoms with E-state index >= 15 is 0 Å². The number of pyridine rings is 1. The zero-order chi connectivity index (χ0) is 17.1. The predicted molar refractivity (Wildman–Crippen MR) is 98.7 cm³/mol. The van der Waals surface area contributed by atoms with E-state index in [0.29, 0.717) is 12.2 Å². The molecule has 0 spiro atoms. The summed E-state index contributed by atoms with van der Waals surface area (Å²) in [6.45, 7) is 2.25. The number of hydrogen-bond donors (Lipinski definition) is 1. The van der Waals surface area contributed by atoms with Gasteiger partial charge in [0, 0.05) is 36.3 Å². The van der Waals surface area contributed by atoms with E-state index < -0.39 is 0 Å². The fourth-order valence-corrected chi connectivity index (χ4v) is 3.78. The Hall–Kier alpha value is -2.73. The largest absolute Gasteiger partial charge is 0.366 e. The van der Waals surface area contributed by atoms with Gasteiger partial charge in [-0.15, -0.1) is 11.3 Å². The van der Waals surface area contributed by atoms with E-state index in [-0.39, 0.29) is 5.91 Å². The van der Waals surface area contributed by atoms with Gasteiger partial charge < -0.3 is 10.2 Å². The van der Waals surface area contributed by atoms with Crippen LogP contribution in [-0.2, 0) is 19.5 Å². The molecule has 3 aromatic rings. The first kappa shape index (κ1) is 15.8. The van der Waals surface area contributed by atoms with Crippen LogP contribution in [0.25, 0.3) is 0 Å². The van der Waals surface area contributed by atoms with Crippen molar-refractivity contribution in [3.63, 3.8) is 0 Å². The second-order valence-electron chi connectivity index (χ2n) is 5.96. The zero-order valence-electron chi connectivity index (χ0n) is 13.7. The molecule has 1 aliphatic heterocycles. The Labute approximate surface area is 150 Å². The number of carbonyl (C=O) groups excluding carboxylic acids is 1. The summed E-state index contributed by atoms with van der Waals surface area (Å²) >= 11 is 1.69. The molecule has 0 atom stereocenters. The molecule has 5 nitrogen and oxygen atoms in total. The Kier molecular flexibility index (Phi) is 4.43. The van der Waals surface area contributed by atoms with Gasteiger partial charge in [0.05, 0.1) is 17.7 Å². The van der Waals surface area contributed by atoms with Gasteiger partial charge in [0.15, 0.2) is 0 Å². The van der Waals surface area contributed by atoms with Gasteiger partial charge in [-0.25, -0.2) is 4.98 Å². The van der Waals surface area contributed by atoms with E-state index in [4.69, 9.17) is 0 Å². The van der Waals surface area contributed by atoms with E-state index in [0.717, 1.165) is 30.8 Å². The maximum atomic E-state index is 12.4. The predicted octanol–water partition coefficient (Wildman–Crippen LogP) is 3.03. The number of benzene rings is 1. The summed E-state index contributed by atoms with van der Waals surface area (Å²) in [5, 5.41) is 2.93. The van der Waals surface area contributed by atoms with Crippen LogP contribution < -0.4 is 10.2 Å². The molecule has 1 amide bonds. The first-order chi connectivity index (χ1) is 12.3. The quantitative estimate of drug-likeness (QED) is 0.786. The molecule has 0 bridgehead atoms. The number of nitrogens with one attached hydrogen (secondary N) is 1. The first-order valence-corrected chi connectivity index (χ1v) is 9.12. The molecule has 6 heteroatoms. The molecule has 0 radical (unpaired) electrons. The monoisotopic (exact) mass is 350 g/mol. The van der Waals surface area contributed by atoms with Crippen LogP contribution in [0.3, 0.4) is 0 Å². The molecule has 0 unspecified atom stereocenters. The molecule has 3 heterocycles. The Bertz CT molecular complexity index is 878. The van der Waals surface area contributed by atoms with Crippen molar-refractivity contribution < 1.29 is 4.79 Å².